The van der Waals surface area contributed by atoms with Crippen LogP contribution in [0.2, 0.25) is 0 Å². The molecule has 4 aliphatic carbocycles. The Hall–Kier alpha value is -1.75. The molecule has 158 valence electrons. The first-order valence-corrected chi connectivity index (χ1v) is 10.8. The molecular formula is C24H31FO4. The monoisotopic (exact) mass is 402 g/mol. The van der Waals surface area contributed by atoms with Crippen molar-refractivity contribution >= 4 is 11.8 Å². The number of ether oxygens (including phenoxy) is 1. The molecule has 3 fully saturated rings. The van der Waals surface area contributed by atoms with E-state index in [1.807, 2.05) is 6.92 Å². The van der Waals surface area contributed by atoms with E-state index >= 15 is 4.39 Å². The minimum Gasteiger partial charge on any atom is -0.463 e. The second kappa shape index (κ2) is 6.63. The second-order valence-corrected chi connectivity index (χ2v) is 9.75. The molecule has 0 amide bonds. The molecule has 4 aliphatic rings. The Morgan fingerprint density at radius 1 is 1.38 bits per heavy atom. The quantitative estimate of drug-likeness (QED) is 0.558. The van der Waals surface area contributed by atoms with Crippen molar-refractivity contribution in [2.75, 3.05) is 6.61 Å². The fourth-order valence-electron chi connectivity index (χ4n) is 7.02. The predicted molar refractivity (Wildman–Crippen MR) is 108 cm³/mol. The molecule has 4 nitrogen and oxygen atoms in total. The maximum absolute atomic E-state index is 16.9. The normalized spacial score (nSPS) is 47.3. The summed E-state index contributed by atoms with van der Waals surface area (Å²) in [6.07, 6.45) is 7.42. The summed E-state index contributed by atoms with van der Waals surface area (Å²) in [6.45, 7) is 8.07. The van der Waals surface area contributed by atoms with E-state index in [0.717, 1.165) is 17.6 Å². The number of ketones is 1. The van der Waals surface area contributed by atoms with Gasteiger partial charge in [0.1, 0.15) is 0 Å². The number of hydrogen-bond donors (Lipinski definition) is 1. The van der Waals surface area contributed by atoms with E-state index in [4.69, 9.17) is 4.74 Å². The zero-order valence-corrected chi connectivity index (χ0v) is 17.7. The highest BCUT2D eigenvalue weighted by molar-refractivity contribution is 6.01. The molecule has 4 rings (SSSR count). The van der Waals surface area contributed by atoms with E-state index in [2.05, 4.69) is 13.8 Å². The lowest BCUT2D eigenvalue weighted by Gasteiger charge is -2.61. The van der Waals surface area contributed by atoms with Crippen LogP contribution in [-0.2, 0) is 14.3 Å². The lowest BCUT2D eigenvalue weighted by atomic mass is 9.45. The SMILES string of the molecule is CCOC(=O)C=C1C(C)CC2C3CCC4=CC(=O)C=CC4(C)C3(F)C(O)CC12C. The molecule has 0 bridgehead atoms. The summed E-state index contributed by atoms with van der Waals surface area (Å²) in [7, 11) is 0. The molecule has 0 heterocycles. The summed E-state index contributed by atoms with van der Waals surface area (Å²) in [5.41, 5.74) is -1.46. The van der Waals surface area contributed by atoms with Crippen LogP contribution in [0.25, 0.3) is 0 Å². The topological polar surface area (TPSA) is 63.6 Å². The van der Waals surface area contributed by atoms with Gasteiger partial charge in [0.05, 0.1) is 12.7 Å². The molecule has 3 saturated carbocycles. The van der Waals surface area contributed by atoms with Gasteiger partial charge < -0.3 is 9.84 Å². The number of fused-ring (bicyclic) bond motifs is 5. The van der Waals surface area contributed by atoms with Crippen LogP contribution in [0.4, 0.5) is 4.39 Å². The van der Waals surface area contributed by atoms with Gasteiger partial charge in [0.2, 0.25) is 0 Å². The highest BCUT2D eigenvalue weighted by atomic mass is 19.1. The van der Waals surface area contributed by atoms with Crippen molar-refractivity contribution in [1.82, 2.24) is 0 Å². The standard InChI is InChI=1S/C24H31FO4/c1-5-29-21(28)12-18-14(2)10-19-17-7-6-15-11-16(26)8-9-23(15,4)24(17,25)20(27)13-22(18,19)3/h8-9,11-12,14,17,19-20,27H,5-7,10,13H2,1-4H3. The molecule has 0 saturated heterocycles. The average molecular weight is 403 g/mol. The van der Waals surface area contributed by atoms with E-state index in [0.29, 0.717) is 19.4 Å². The Balaban J connectivity index is 1.77. The summed E-state index contributed by atoms with van der Waals surface area (Å²) >= 11 is 0. The van der Waals surface area contributed by atoms with E-state index in [1.54, 1.807) is 25.2 Å². The maximum atomic E-state index is 16.9. The zero-order chi connectivity index (χ0) is 21.2. The molecule has 29 heavy (non-hydrogen) atoms. The molecule has 7 unspecified atom stereocenters. The summed E-state index contributed by atoms with van der Waals surface area (Å²) in [4.78, 5) is 24.1. The van der Waals surface area contributed by atoms with Crippen LogP contribution in [-0.4, -0.2) is 35.2 Å². The minimum atomic E-state index is -1.82. The van der Waals surface area contributed by atoms with Crippen LogP contribution >= 0.6 is 0 Å². The van der Waals surface area contributed by atoms with Crippen molar-refractivity contribution in [1.29, 1.82) is 0 Å². The van der Waals surface area contributed by atoms with Gasteiger partial charge in [-0.25, -0.2) is 9.18 Å². The number of hydrogen-bond acceptors (Lipinski definition) is 4. The van der Waals surface area contributed by atoms with Crippen LogP contribution in [0.3, 0.4) is 0 Å². The third kappa shape index (κ3) is 2.66. The summed E-state index contributed by atoms with van der Waals surface area (Å²) in [5.74, 6) is -0.624. The number of aliphatic hydroxyl groups excluding tert-OH is 1. The smallest absolute Gasteiger partial charge is 0.330 e. The highest BCUT2D eigenvalue weighted by Gasteiger charge is 2.70. The van der Waals surface area contributed by atoms with Gasteiger partial charge in [-0.3, -0.25) is 4.79 Å². The third-order valence-electron chi connectivity index (χ3n) is 8.39. The molecule has 0 radical (unpaired) electrons. The number of allylic oxidation sites excluding steroid dienone is 5. The van der Waals surface area contributed by atoms with Gasteiger partial charge in [-0.05, 0) is 68.9 Å². The van der Waals surface area contributed by atoms with Crippen molar-refractivity contribution in [3.63, 3.8) is 0 Å². The lowest BCUT2D eigenvalue weighted by molar-refractivity contribution is -0.183. The molecular weight excluding hydrogens is 371 g/mol. The largest absolute Gasteiger partial charge is 0.463 e. The van der Waals surface area contributed by atoms with Crippen LogP contribution in [0.5, 0.6) is 0 Å². The Morgan fingerprint density at radius 3 is 2.79 bits per heavy atom. The van der Waals surface area contributed by atoms with Gasteiger partial charge in [0.25, 0.3) is 0 Å². The number of rotatable bonds is 2. The third-order valence-corrected chi connectivity index (χ3v) is 8.39. The highest BCUT2D eigenvalue weighted by Crippen LogP contribution is 2.69. The molecule has 7 atom stereocenters. The van der Waals surface area contributed by atoms with Gasteiger partial charge in [-0.1, -0.05) is 31.1 Å². The fourth-order valence-corrected chi connectivity index (χ4v) is 7.02. The first-order chi connectivity index (χ1) is 13.6. The van der Waals surface area contributed by atoms with E-state index in [9.17, 15) is 14.7 Å². The lowest BCUT2D eigenvalue weighted by Crippen LogP contribution is -2.66. The summed E-state index contributed by atoms with van der Waals surface area (Å²) in [5, 5.41) is 11.2. The van der Waals surface area contributed by atoms with Crippen LogP contribution in [0.1, 0.15) is 53.4 Å². The minimum absolute atomic E-state index is 0.0379. The first-order valence-electron chi connectivity index (χ1n) is 10.8. The number of carbonyl (C=O) groups is 2. The Morgan fingerprint density at radius 2 is 2.10 bits per heavy atom. The summed E-state index contributed by atoms with van der Waals surface area (Å²) in [6, 6.07) is 0. The van der Waals surface area contributed by atoms with Gasteiger partial charge in [-0.2, -0.15) is 0 Å². The molecule has 0 aromatic carbocycles. The van der Waals surface area contributed by atoms with Gasteiger partial charge in [0.15, 0.2) is 11.5 Å². The zero-order valence-electron chi connectivity index (χ0n) is 17.7. The van der Waals surface area contributed by atoms with E-state index < -0.39 is 22.6 Å². The second-order valence-electron chi connectivity index (χ2n) is 9.75. The van der Waals surface area contributed by atoms with Crippen molar-refractivity contribution in [2.45, 2.75) is 65.2 Å². The van der Waals surface area contributed by atoms with E-state index in [-0.39, 0.29) is 35.9 Å². The maximum Gasteiger partial charge on any atom is 0.330 e. The molecule has 0 aliphatic heterocycles. The number of esters is 1. The van der Waals surface area contributed by atoms with Crippen molar-refractivity contribution in [3.05, 3.63) is 35.5 Å². The number of alkyl halides is 1. The van der Waals surface area contributed by atoms with Crippen LogP contribution in [0.15, 0.2) is 35.5 Å². The fraction of sp³-hybridized carbons (Fsp3) is 0.667. The Bertz CT molecular complexity index is 842. The van der Waals surface area contributed by atoms with E-state index in [1.165, 1.54) is 6.08 Å². The molecule has 1 N–H and O–H groups in total. The molecule has 0 aromatic heterocycles. The molecule has 0 spiro atoms. The molecule has 5 heteroatoms. The van der Waals surface area contributed by atoms with Crippen molar-refractivity contribution in [3.8, 4) is 0 Å². The van der Waals surface area contributed by atoms with Gasteiger partial charge in [0, 0.05) is 17.4 Å². The number of halogens is 1. The van der Waals surface area contributed by atoms with Crippen LogP contribution < -0.4 is 0 Å². The predicted octanol–water partition coefficient (Wildman–Crippen LogP) is 4.09. The van der Waals surface area contributed by atoms with Gasteiger partial charge in [-0.15, -0.1) is 0 Å². The van der Waals surface area contributed by atoms with Crippen LogP contribution in [0, 0.1) is 28.6 Å². The van der Waals surface area contributed by atoms with Crippen molar-refractivity contribution < 1.29 is 23.8 Å². The van der Waals surface area contributed by atoms with Gasteiger partial charge >= 0.3 is 5.97 Å². The Kier molecular flexibility index (Phi) is 4.69. The Labute approximate surface area is 171 Å². The first kappa shape index (κ1) is 20.5. The average Bonchev–Trinajstić information content (AvgIpc) is 2.88. The number of aliphatic hydroxyl groups is 1. The number of carbonyl (C=O) groups excluding carboxylic acids is 2. The summed E-state index contributed by atoms with van der Waals surface area (Å²) < 4.78 is 22.1. The van der Waals surface area contributed by atoms with Crippen molar-refractivity contribution in [2.24, 2.45) is 28.6 Å². The molecule has 0 aromatic rings.